The molecule has 0 fully saturated rings. The third-order valence-corrected chi connectivity index (χ3v) is 2.75. The first-order valence-electron chi connectivity index (χ1n) is 5.92. The largest absolute Gasteiger partial charge is 0.369 e. The van der Waals surface area contributed by atoms with Gasteiger partial charge in [0.2, 0.25) is 0 Å². The molecule has 7 heteroatoms. The molecule has 0 saturated heterocycles. The summed E-state index contributed by atoms with van der Waals surface area (Å²) < 4.78 is 13.1. The maximum absolute atomic E-state index is 13.1. The lowest BCUT2D eigenvalue weighted by Gasteiger charge is -2.07. The Bertz CT molecular complexity index is 618. The molecule has 1 heterocycles. The number of hydrogen-bond donors (Lipinski definition) is 2. The standard InChI is InChI=1S/C13H12ClFN4O/c1-2-16-12-7-17-11(6-18-12)13(20)19-10-5-8(15)3-4-9(10)14/h3-7H,2H2,1H3,(H,16,18)(H,19,20). The molecule has 104 valence electrons. The SMILES string of the molecule is CCNc1cnc(C(=O)Nc2cc(F)ccc2Cl)cn1. The summed E-state index contributed by atoms with van der Waals surface area (Å²) in [6.07, 6.45) is 2.78. The van der Waals surface area contributed by atoms with Crippen LogP contribution in [0.5, 0.6) is 0 Å². The number of aromatic nitrogens is 2. The van der Waals surface area contributed by atoms with Gasteiger partial charge in [0, 0.05) is 6.54 Å². The number of nitrogens with zero attached hydrogens (tertiary/aromatic N) is 2. The molecular formula is C13H12ClFN4O. The molecule has 0 aliphatic heterocycles. The van der Waals surface area contributed by atoms with Crippen molar-refractivity contribution in [1.82, 2.24) is 9.97 Å². The highest BCUT2D eigenvalue weighted by Crippen LogP contribution is 2.22. The van der Waals surface area contributed by atoms with Crippen molar-refractivity contribution in [2.75, 3.05) is 17.2 Å². The van der Waals surface area contributed by atoms with Gasteiger partial charge in [-0.1, -0.05) is 11.6 Å². The van der Waals surface area contributed by atoms with Crippen LogP contribution in [0.15, 0.2) is 30.6 Å². The number of halogens is 2. The van der Waals surface area contributed by atoms with Crippen LogP contribution in [0, 0.1) is 5.82 Å². The van der Waals surface area contributed by atoms with Gasteiger partial charge in [-0.2, -0.15) is 0 Å². The van der Waals surface area contributed by atoms with Gasteiger partial charge in [-0.15, -0.1) is 0 Å². The summed E-state index contributed by atoms with van der Waals surface area (Å²) in [5.41, 5.74) is 0.307. The summed E-state index contributed by atoms with van der Waals surface area (Å²) >= 11 is 5.87. The number of rotatable bonds is 4. The topological polar surface area (TPSA) is 66.9 Å². The number of anilines is 2. The Hall–Kier alpha value is -2.21. The number of carbonyl (C=O) groups is 1. The molecule has 0 unspecified atom stereocenters. The molecule has 1 aromatic heterocycles. The Morgan fingerprint density at radius 1 is 1.35 bits per heavy atom. The van der Waals surface area contributed by atoms with E-state index < -0.39 is 11.7 Å². The van der Waals surface area contributed by atoms with Gasteiger partial charge >= 0.3 is 0 Å². The van der Waals surface area contributed by atoms with E-state index in [4.69, 9.17) is 11.6 Å². The fourth-order valence-corrected chi connectivity index (χ4v) is 1.66. The van der Waals surface area contributed by atoms with Crippen LogP contribution in [0.3, 0.4) is 0 Å². The van der Waals surface area contributed by atoms with Gasteiger partial charge in [-0.3, -0.25) is 4.79 Å². The smallest absolute Gasteiger partial charge is 0.275 e. The average Bonchev–Trinajstić information content (AvgIpc) is 2.44. The van der Waals surface area contributed by atoms with Gasteiger partial charge in [0.15, 0.2) is 0 Å². The van der Waals surface area contributed by atoms with Crippen LogP contribution in [0.1, 0.15) is 17.4 Å². The number of hydrogen-bond acceptors (Lipinski definition) is 4. The number of carbonyl (C=O) groups excluding carboxylic acids is 1. The fourth-order valence-electron chi connectivity index (χ4n) is 1.50. The van der Waals surface area contributed by atoms with E-state index in [1.807, 2.05) is 6.92 Å². The van der Waals surface area contributed by atoms with Crippen molar-refractivity contribution in [3.8, 4) is 0 Å². The zero-order valence-corrected chi connectivity index (χ0v) is 11.4. The van der Waals surface area contributed by atoms with Crippen LogP contribution in [-0.2, 0) is 0 Å². The van der Waals surface area contributed by atoms with E-state index in [0.29, 0.717) is 12.4 Å². The van der Waals surface area contributed by atoms with Crippen LogP contribution < -0.4 is 10.6 Å². The molecule has 20 heavy (non-hydrogen) atoms. The van der Waals surface area contributed by atoms with E-state index in [1.54, 1.807) is 0 Å². The molecule has 2 aromatic rings. The molecule has 0 spiro atoms. The lowest BCUT2D eigenvalue weighted by atomic mass is 10.3. The van der Waals surface area contributed by atoms with Gasteiger partial charge in [0.05, 0.1) is 23.1 Å². The van der Waals surface area contributed by atoms with Gasteiger partial charge < -0.3 is 10.6 Å². The van der Waals surface area contributed by atoms with E-state index in [2.05, 4.69) is 20.6 Å². The highest BCUT2D eigenvalue weighted by Gasteiger charge is 2.11. The highest BCUT2D eigenvalue weighted by molar-refractivity contribution is 6.33. The minimum atomic E-state index is -0.506. The normalized spacial score (nSPS) is 10.2. The number of benzene rings is 1. The van der Waals surface area contributed by atoms with Gasteiger partial charge in [0.25, 0.3) is 5.91 Å². The van der Waals surface area contributed by atoms with E-state index in [1.165, 1.54) is 24.5 Å². The second-order valence-electron chi connectivity index (χ2n) is 3.90. The Kier molecular flexibility index (Phi) is 4.47. The van der Waals surface area contributed by atoms with Gasteiger partial charge in [-0.05, 0) is 25.1 Å². The third-order valence-electron chi connectivity index (χ3n) is 2.42. The first-order valence-corrected chi connectivity index (χ1v) is 6.30. The van der Waals surface area contributed by atoms with Crippen molar-refractivity contribution < 1.29 is 9.18 Å². The molecule has 0 aliphatic rings. The molecule has 5 nitrogen and oxygen atoms in total. The Morgan fingerprint density at radius 3 is 2.80 bits per heavy atom. The average molecular weight is 295 g/mol. The maximum Gasteiger partial charge on any atom is 0.275 e. The summed E-state index contributed by atoms with van der Waals surface area (Å²) in [4.78, 5) is 19.9. The van der Waals surface area contributed by atoms with Crippen LogP contribution in [-0.4, -0.2) is 22.4 Å². The van der Waals surface area contributed by atoms with Crippen LogP contribution in [0.2, 0.25) is 5.02 Å². The Labute approximate surface area is 120 Å². The van der Waals surface area contributed by atoms with Gasteiger partial charge in [0.1, 0.15) is 17.3 Å². The van der Waals surface area contributed by atoms with E-state index in [-0.39, 0.29) is 16.4 Å². The summed E-state index contributed by atoms with van der Waals surface area (Å²) in [6.45, 7) is 2.63. The van der Waals surface area contributed by atoms with Crippen molar-refractivity contribution in [3.63, 3.8) is 0 Å². The van der Waals surface area contributed by atoms with Crippen molar-refractivity contribution in [2.24, 2.45) is 0 Å². The zero-order valence-electron chi connectivity index (χ0n) is 10.7. The van der Waals surface area contributed by atoms with Crippen molar-refractivity contribution in [1.29, 1.82) is 0 Å². The summed E-state index contributed by atoms with van der Waals surface area (Å²) in [7, 11) is 0. The molecule has 2 N–H and O–H groups in total. The monoisotopic (exact) mass is 294 g/mol. The van der Waals surface area contributed by atoms with Crippen LogP contribution in [0.4, 0.5) is 15.9 Å². The second kappa shape index (κ2) is 6.29. The lowest BCUT2D eigenvalue weighted by Crippen LogP contribution is -2.15. The fraction of sp³-hybridized carbons (Fsp3) is 0.154. The second-order valence-corrected chi connectivity index (χ2v) is 4.30. The molecule has 0 radical (unpaired) electrons. The highest BCUT2D eigenvalue weighted by atomic mass is 35.5. The maximum atomic E-state index is 13.1. The van der Waals surface area contributed by atoms with Crippen LogP contribution in [0.25, 0.3) is 0 Å². The third kappa shape index (κ3) is 3.42. The first kappa shape index (κ1) is 14.2. The van der Waals surface area contributed by atoms with E-state index in [9.17, 15) is 9.18 Å². The zero-order chi connectivity index (χ0) is 14.5. The molecule has 0 saturated carbocycles. The van der Waals surface area contributed by atoms with E-state index in [0.717, 1.165) is 6.07 Å². The Balaban J connectivity index is 2.13. The summed E-state index contributed by atoms with van der Waals surface area (Å²) in [5.74, 6) is -0.417. The molecule has 2 rings (SSSR count). The van der Waals surface area contributed by atoms with E-state index >= 15 is 0 Å². The molecular weight excluding hydrogens is 283 g/mol. The molecule has 1 amide bonds. The molecule has 0 aliphatic carbocycles. The number of nitrogens with one attached hydrogen (secondary N) is 2. The number of amides is 1. The van der Waals surface area contributed by atoms with Crippen LogP contribution >= 0.6 is 11.6 Å². The minimum Gasteiger partial charge on any atom is -0.369 e. The van der Waals surface area contributed by atoms with Crippen molar-refractivity contribution in [2.45, 2.75) is 6.92 Å². The first-order chi connectivity index (χ1) is 9.60. The lowest BCUT2D eigenvalue weighted by molar-refractivity contribution is 0.102. The van der Waals surface area contributed by atoms with Crippen molar-refractivity contribution >= 4 is 29.0 Å². The predicted octanol–water partition coefficient (Wildman–Crippen LogP) is 2.95. The molecule has 1 aromatic carbocycles. The van der Waals surface area contributed by atoms with Crippen molar-refractivity contribution in [3.05, 3.63) is 47.1 Å². The minimum absolute atomic E-state index is 0.118. The van der Waals surface area contributed by atoms with Gasteiger partial charge in [-0.25, -0.2) is 14.4 Å². The summed E-state index contributed by atoms with van der Waals surface area (Å²) in [6, 6.07) is 3.72. The Morgan fingerprint density at radius 2 is 2.15 bits per heavy atom. The molecule has 0 bridgehead atoms. The molecule has 0 atom stereocenters. The summed E-state index contributed by atoms with van der Waals surface area (Å²) in [5, 5.41) is 5.70. The predicted molar refractivity (Wildman–Crippen MR) is 75.6 cm³/mol. The quantitative estimate of drug-likeness (QED) is 0.910.